The van der Waals surface area contributed by atoms with Gasteiger partial charge in [-0.05, 0) is 37.3 Å². The highest BCUT2D eigenvalue weighted by molar-refractivity contribution is 5.65. The highest BCUT2D eigenvalue weighted by Gasteiger charge is 2.37. The summed E-state index contributed by atoms with van der Waals surface area (Å²) in [5.41, 5.74) is -0.312. The highest BCUT2D eigenvalue weighted by atomic mass is 19.4. The fourth-order valence-electron chi connectivity index (χ4n) is 4.32. The molecule has 0 spiro atoms. The Kier molecular flexibility index (Phi) is 5.75. The monoisotopic (exact) mass is 370 g/mol. The smallest absolute Gasteiger partial charge is 0.416 e. The van der Waals surface area contributed by atoms with Gasteiger partial charge in [-0.25, -0.2) is 4.79 Å². The Hall–Kier alpha value is -1.76. The number of likely N-dealkylation sites (tertiary alicyclic amines) is 1. The molecule has 1 N–H and O–H groups in total. The van der Waals surface area contributed by atoms with Crippen LogP contribution in [0.5, 0.6) is 0 Å². The molecule has 144 valence electrons. The number of hydrogen-bond acceptors (Lipinski definition) is 2. The van der Waals surface area contributed by atoms with Crippen LogP contribution < -0.4 is 0 Å². The van der Waals surface area contributed by atoms with Gasteiger partial charge in [0.15, 0.2) is 0 Å². The second-order valence-electron chi connectivity index (χ2n) is 7.29. The molecule has 3 rings (SSSR count). The number of halogens is 3. The fraction of sp³-hybridized carbons (Fsp3) is 0.632. The topological polar surface area (TPSA) is 43.8 Å². The number of rotatable bonds is 4. The number of piperidine rings is 1. The summed E-state index contributed by atoms with van der Waals surface area (Å²) in [6, 6.07) is 5.94. The molecule has 1 aromatic rings. The third-order valence-electron chi connectivity index (χ3n) is 5.61. The fourth-order valence-corrected chi connectivity index (χ4v) is 4.32. The average molecular weight is 370 g/mol. The Balaban J connectivity index is 1.85. The van der Waals surface area contributed by atoms with Crippen LogP contribution in [0.1, 0.15) is 49.7 Å². The van der Waals surface area contributed by atoms with Gasteiger partial charge in [-0.1, -0.05) is 31.0 Å². The molecule has 1 aliphatic carbocycles. The van der Waals surface area contributed by atoms with Crippen molar-refractivity contribution in [1.82, 2.24) is 9.80 Å². The van der Waals surface area contributed by atoms with Gasteiger partial charge in [-0.2, -0.15) is 13.2 Å². The Labute approximate surface area is 151 Å². The van der Waals surface area contributed by atoms with Crippen molar-refractivity contribution in [3.05, 3.63) is 35.4 Å². The molecule has 2 aliphatic rings. The van der Waals surface area contributed by atoms with E-state index in [1.807, 2.05) is 0 Å². The number of nitrogens with zero attached hydrogens (tertiary/aromatic N) is 2. The van der Waals surface area contributed by atoms with E-state index in [0.717, 1.165) is 44.6 Å². The van der Waals surface area contributed by atoms with Crippen LogP contribution in [-0.4, -0.2) is 46.2 Å². The Morgan fingerprint density at radius 2 is 1.77 bits per heavy atom. The molecular formula is C19H25F3N2O2. The quantitative estimate of drug-likeness (QED) is 0.843. The van der Waals surface area contributed by atoms with Gasteiger partial charge in [0, 0.05) is 31.7 Å². The van der Waals surface area contributed by atoms with Crippen LogP contribution in [-0.2, 0) is 12.7 Å². The van der Waals surface area contributed by atoms with Gasteiger partial charge in [-0.3, -0.25) is 4.90 Å². The molecule has 0 unspecified atom stereocenters. The van der Waals surface area contributed by atoms with Crippen molar-refractivity contribution in [3.8, 4) is 0 Å². The molecule has 1 aromatic carbocycles. The minimum Gasteiger partial charge on any atom is -0.465 e. The molecule has 1 amide bonds. The summed E-state index contributed by atoms with van der Waals surface area (Å²) in [6.45, 7) is 1.10. The molecule has 1 saturated heterocycles. The highest BCUT2D eigenvalue weighted by Crippen LogP contribution is 2.35. The number of alkyl halides is 3. The van der Waals surface area contributed by atoms with Crippen molar-refractivity contribution in [2.24, 2.45) is 0 Å². The molecule has 4 nitrogen and oxygen atoms in total. The van der Waals surface area contributed by atoms with Gasteiger partial charge in [0.2, 0.25) is 0 Å². The SMILES string of the molecule is O=C(O)N1CCC[C@H](N(Cc2ccccc2C(F)(F)F)C2CCCC2)C1. The first-order valence-corrected chi connectivity index (χ1v) is 9.25. The molecular weight excluding hydrogens is 345 g/mol. The van der Waals surface area contributed by atoms with Crippen molar-refractivity contribution in [2.45, 2.75) is 63.3 Å². The number of amides is 1. The lowest BCUT2D eigenvalue weighted by Gasteiger charge is -2.41. The minimum absolute atomic E-state index is 0.0239. The van der Waals surface area contributed by atoms with Crippen LogP contribution >= 0.6 is 0 Å². The largest absolute Gasteiger partial charge is 0.465 e. The maximum Gasteiger partial charge on any atom is 0.416 e. The molecule has 26 heavy (non-hydrogen) atoms. The summed E-state index contributed by atoms with van der Waals surface area (Å²) in [6.07, 6.45) is 0.356. The third-order valence-corrected chi connectivity index (χ3v) is 5.61. The lowest BCUT2D eigenvalue weighted by molar-refractivity contribution is -0.138. The van der Waals surface area contributed by atoms with Gasteiger partial charge < -0.3 is 10.0 Å². The van der Waals surface area contributed by atoms with Gasteiger partial charge in [-0.15, -0.1) is 0 Å². The molecule has 7 heteroatoms. The van der Waals surface area contributed by atoms with Crippen LogP contribution in [0.4, 0.5) is 18.0 Å². The molecule has 1 heterocycles. The first kappa shape index (κ1) is 19.0. The van der Waals surface area contributed by atoms with E-state index in [1.165, 1.54) is 11.0 Å². The number of benzene rings is 1. The van der Waals surface area contributed by atoms with Crippen LogP contribution in [0.15, 0.2) is 24.3 Å². The molecule has 1 atom stereocenters. The standard InChI is InChI=1S/C19H25F3N2O2/c20-19(21,22)17-10-4-1-6-14(17)12-24(15-7-2-3-8-15)16-9-5-11-23(13-16)18(25)26/h1,4,6,10,15-16H,2-3,5,7-9,11-13H2,(H,25,26)/t16-/m0/s1. The molecule has 2 fully saturated rings. The molecule has 0 aromatic heterocycles. The second-order valence-corrected chi connectivity index (χ2v) is 7.29. The van der Waals surface area contributed by atoms with Crippen molar-refractivity contribution in [1.29, 1.82) is 0 Å². The second kappa shape index (κ2) is 7.86. The van der Waals surface area contributed by atoms with Crippen LogP contribution in [0.3, 0.4) is 0 Å². The summed E-state index contributed by atoms with van der Waals surface area (Å²) >= 11 is 0. The Morgan fingerprint density at radius 3 is 2.42 bits per heavy atom. The van der Waals surface area contributed by atoms with Crippen molar-refractivity contribution in [3.63, 3.8) is 0 Å². The van der Waals surface area contributed by atoms with Gasteiger partial charge >= 0.3 is 12.3 Å². The normalized spacial score (nSPS) is 22.2. The molecule has 0 radical (unpaired) electrons. The van der Waals surface area contributed by atoms with E-state index in [0.29, 0.717) is 13.1 Å². The van der Waals surface area contributed by atoms with Crippen molar-refractivity contribution >= 4 is 6.09 Å². The van der Waals surface area contributed by atoms with Crippen LogP contribution in [0, 0.1) is 0 Å². The summed E-state index contributed by atoms with van der Waals surface area (Å²) in [7, 11) is 0. The number of carbonyl (C=O) groups is 1. The average Bonchev–Trinajstić information content (AvgIpc) is 3.13. The Bertz CT molecular complexity index is 629. The van der Waals surface area contributed by atoms with Crippen LogP contribution in [0.25, 0.3) is 0 Å². The van der Waals surface area contributed by atoms with E-state index in [2.05, 4.69) is 4.90 Å². The van der Waals surface area contributed by atoms with E-state index in [4.69, 9.17) is 0 Å². The van der Waals surface area contributed by atoms with E-state index in [-0.39, 0.29) is 24.2 Å². The minimum atomic E-state index is -4.38. The molecule has 1 aliphatic heterocycles. The summed E-state index contributed by atoms with van der Waals surface area (Å²) in [4.78, 5) is 14.9. The maximum atomic E-state index is 13.4. The van der Waals surface area contributed by atoms with E-state index < -0.39 is 17.8 Å². The zero-order chi connectivity index (χ0) is 18.7. The predicted molar refractivity (Wildman–Crippen MR) is 91.9 cm³/mol. The summed E-state index contributed by atoms with van der Waals surface area (Å²) in [5.74, 6) is 0. The first-order chi connectivity index (χ1) is 12.4. The lowest BCUT2D eigenvalue weighted by atomic mass is 9.99. The van der Waals surface area contributed by atoms with E-state index in [9.17, 15) is 23.1 Å². The van der Waals surface area contributed by atoms with E-state index >= 15 is 0 Å². The van der Waals surface area contributed by atoms with Crippen molar-refractivity contribution in [2.75, 3.05) is 13.1 Å². The van der Waals surface area contributed by atoms with Gasteiger partial charge in [0.25, 0.3) is 0 Å². The predicted octanol–water partition coefficient (Wildman–Crippen LogP) is 4.59. The number of carboxylic acid groups (broad SMARTS) is 1. The maximum absolute atomic E-state index is 13.4. The number of hydrogen-bond donors (Lipinski definition) is 1. The van der Waals surface area contributed by atoms with Gasteiger partial charge in [0.05, 0.1) is 5.56 Å². The zero-order valence-corrected chi connectivity index (χ0v) is 14.7. The zero-order valence-electron chi connectivity index (χ0n) is 14.7. The Morgan fingerprint density at radius 1 is 1.12 bits per heavy atom. The molecule has 0 bridgehead atoms. The lowest BCUT2D eigenvalue weighted by Crippen LogP contribution is -2.52. The molecule has 1 saturated carbocycles. The first-order valence-electron chi connectivity index (χ1n) is 9.25. The van der Waals surface area contributed by atoms with E-state index in [1.54, 1.807) is 12.1 Å². The van der Waals surface area contributed by atoms with Crippen molar-refractivity contribution < 1.29 is 23.1 Å². The van der Waals surface area contributed by atoms with Gasteiger partial charge in [0.1, 0.15) is 0 Å². The third kappa shape index (κ3) is 4.31. The summed E-state index contributed by atoms with van der Waals surface area (Å²) < 4.78 is 40.1. The summed E-state index contributed by atoms with van der Waals surface area (Å²) in [5, 5.41) is 9.30. The van der Waals surface area contributed by atoms with Crippen LogP contribution in [0.2, 0.25) is 0 Å².